The second-order valence-electron chi connectivity index (χ2n) is 8.52. The van der Waals surface area contributed by atoms with Crippen molar-refractivity contribution in [2.75, 3.05) is 51.3 Å². The number of benzene rings is 2. The van der Waals surface area contributed by atoms with Crippen LogP contribution >= 0.6 is 11.3 Å². The molecule has 2 saturated heterocycles. The van der Waals surface area contributed by atoms with Gasteiger partial charge in [0.15, 0.2) is 0 Å². The highest BCUT2D eigenvalue weighted by atomic mass is 32.1. The zero-order valence-corrected chi connectivity index (χ0v) is 19.2. The summed E-state index contributed by atoms with van der Waals surface area (Å²) in [4.78, 5) is 13.1. The van der Waals surface area contributed by atoms with Crippen LogP contribution in [0.3, 0.4) is 0 Å². The molecule has 5 rings (SSSR count). The number of thiazole rings is 1. The first kappa shape index (κ1) is 21.4. The van der Waals surface area contributed by atoms with Gasteiger partial charge in [0, 0.05) is 68.5 Å². The molecule has 3 heterocycles. The normalized spacial score (nSPS) is 22.4. The number of methoxy groups -OCH3 is 1. The summed E-state index contributed by atoms with van der Waals surface area (Å²) in [5, 5.41) is 11.9. The Morgan fingerprint density at radius 1 is 1.00 bits per heavy atom. The minimum absolute atomic E-state index is 0.191. The minimum atomic E-state index is -0.311. The molecule has 1 N–H and O–H groups in total. The summed E-state index contributed by atoms with van der Waals surface area (Å²) in [6.07, 6.45) is 1.67. The van der Waals surface area contributed by atoms with Crippen LogP contribution in [-0.2, 0) is 6.54 Å². The van der Waals surface area contributed by atoms with E-state index in [1.165, 1.54) is 4.88 Å². The molecule has 1 aromatic heterocycles. The van der Waals surface area contributed by atoms with Gasteiger partial charge in [0.1, 0.15) is 10.8 Å². The number of aromatic nitrogens is 1. The van der Waals surface area contributed by atoms with Crippen LogP contribution in [0.1, 0.15) is 4.88 Å². The van der Waals surface area contributed by atoms with Gasteiger partial charge in [0.25, 0.3) is 0 Å². The van der Waals surface area contributed by atoms with Crippen molar-refractivity contribution in [3.05, 3.63) is 65.7 Å². The maximum atomic E-state index is 10.8. The molecule has 0 radical (unpaired) electrons. The molecular weight excluding hydrogens is 420 g/mol. The fourth-order valence-corrected chi connectivity index (χ4v) is 5.80. The third kappa shape index (κ3) is 4.52. The highest BCUT2D eigenvalue weighted by Crippen LogP contribution is 2.30. The number of para-hydroxylation sites is 2. The molecule has 2 atom stereocenters. The quantitative estimate of drug-likeness (QED) is 0.623. The summed E-state index contributed by atoms with van der Waals surface area (Å²) in [6, 6.07) is 18.7. The lowest BCUT2D eigenvalue weighted by Crippen LogP contribution is -2.53. The van der Waals surface area contributed by atoms with Gasteiger partial charge in [-0.05, 0) is 12.1 Å². The Balaban J connectivity index is 1.17. The fraction of sp³-hybridized carbons (Fsp3) is 0.400. The van der Waals surface area contributed by atoms with E-state index in [0.717, 1.165) is 67.8 Å². The van der Waals surface area contributed by atoms with Gasteiger partial charge in [-0.15, -0.1) is 11.3 Å². The van der Waals surface area contributed by atoms with Gasteiger partial charge in [0.05, 0.1) is 18.9 Å². The molecule has 0 saturated carbocycles. The second kappa shape index (κ2) is 9.58. The molecule has 3 aromatic rings. The van der Waals surface area contributed by atoms with E-state index in [-0.39, 0.29) is 12.1 Å². The summed E-state index contributed by atoms with van der Waals surface area (Å²) in [7, 11) is 1.73. The zero-order chi connectivity index (χ0) is 21.9. The fourth-order valence-electron chi connectivity index (χ4n) is 4.84. The standard InChI is InChI=1S/C25H30N4O2S/c1-31-24-10-6-5-9-21(24)28-11-13-29(14-12-28)22-17-27(18-23(22)30)16-20-15-26-25(32-20)19-7-3-2-4-8-19/h2-10,15,22-23,30H,11-14,16-18H2,1H3/t22-,23-/m1/s1. The number of β-amino-alcohol motifs (C(OH)–C–C–N with tert-alkyl or cyclic N) is 1. The summed E-state index contributed by atoms with van der Waals surface area (Å²) < 4.78 is 5.54. The summed E-state index contributed by atoms with van der Waals surface area (Å²) >= 11 is 1.75. The summed E-state index contributed by atoms with van der Waals surface area (Å²) in [6.45, 7) is 6.25. The Kier molecular flexibility index (Phi) is 6.41. The van der Waals surface area contributed by atoms with Gasteiger partial charge in [-0.1, -0.05) is 42.5 Å². The average molecular weight is 451 g/mol. The van der Waals surface area contributed by atoms with E-state index in [0.29, 0.717) is 0 Å². The number of nitrogens with zero attached hydrogens (tertiary/aromatic N) is 4. The van der Waals surface area contributed by atoms with Crippen LogP contribution in [-0.4, -0.2) is 78.4 Å². The molecule has 0 amide bonds. The third-order valence-electron chi connectivity index (χ3n) is 6.50. The molecule has 2 aliphatic rings. The van der Waals surface area contributed by atoms with Gasteiger partial charge < -0.3 is 14.7 Å². The highest BCUT2D eigenvalue weighted by Gasteiger charge is 2.37. The van der Waals surface area contributed by atoms with Gasteiger partial charge >= 0.3 is 0 Å². The van der Waals surface area contributed by atoms with Gasteiger partial charge in [-0.2, -0.15) is 0 Å². The van der Waals surface area contributed by atoms with E-state index < -0.39 is 0 Å². The van der Waals surface area contributed by atoms with Crippen molar-refractivity contribution in [1.29, 1.82) is 0 Å². The number of piperazine rings is 1. The molecule has 0 aliphatic carbocycles. The van der Waals surface area contributed by atoms with E-state index in [2.05, 4.69) is 43.9 Å². The highest BCUT2D eigenvalue weighted by molar-refractivity contribution is 7.15. The van der Waals surface area contributed by atoms with Crippen molar-refractivity contribution < 1.29 is 9.84 Å². The Morgan fingerprint density at radius 2 is 1.75 bits per heavy atom. The molecule has 2 fully saturated rings. The molecule has 0 unspecified atom stereocenters. The van der Waals surface area contributed by atoms with Crippen LogP contribution in [0.2, 0.25) is 0 Å². The number of rotatable bonds is 6. The van der Waals surface area contributed by atoms with Crippen LogP contribution in [0.5, 0.6) is 5.75 Å². The van der Waals surface area contributed by atoms with Gasteiger partial charge in [-0.3, -0.25) is 9.80 Å². The van der Waals surface area contributed by atoms with E-state index in [1.54, 1.807) is 18.4 Å². The number of hydrogen-bond donors (Lipinski definition) is 1. The smallest absolute Gasteiger partial charge is 0.142 e. The van der Waals surface area contributed by atoms with E-state index in [4.69, 9.17) is 4.74 Å². The van der Waals surface area contributed by atoms with Crippen molar-refractivity contribution in [3.63, 3.8) is 0 Å². The molecule has 168 valence electrons. The molecule has 6 nitrogen and oxygen atoms in total. The molecule has 7 heteroatoms. The molecule has 2 aromatic carbocycles. The lowest BCUT2D eigenvalue weighted by atomic mass is 10.1. The molecule has 0 spiro atoms. The Bertz CT molecular complexity index is 1020. The number of likely N-dealkylation sites (tertiary alicyclic amines) is 1. The van der Waals surface area contributed by atoms with E-state index in [1.807, 2.05) is 36.5 Å². The monoisotopic (exact) mass is 450 g/mol. The first-order chi connectivity index (χ1) is 15.7. The van der Waals surface area contributed by atoms with E-state index >= 15 is 0 Å². The predicted octanol–water partition coefficient (Wildman–Crippen LogP) is 3.19. The predicted molar refractivity (Wildman–Crippen MR) is 129 cm³/mol. The minimum Gasteiger partial charge on any atom is -0.495 e. The number of anilines is 1. The largest absolute Gasteiger partial charge is 0.495 e. The number of aliphatic hydroxyl groups excluding tert-OH is 1. The molecular formula is C25H30N4O2S. The topological polar surface area (TPSA) is 52.1 Å². The van der Waals surface area contributed by atoms with Crippen LogP contribution in [0.15, 0.2) is 60.8 Å². The van der Waals surface area contributed by atoms with Crippen molar-refractivity contribution in [2.24, 2.45) is 0 Å². The number of aliphatic hydroxyl groups is 1. The zero-order valence-electron chi connectivity index (χ0n) is 18.4. The first-order valence-electron chi connectivity index (χ1n) is 11.2. The van der Waals surface area contributed by atoms with E-state index in [9.17, 15) is 5.11 Å². The van der Waals surface area contributed by atoms with Crippen molar-refractivity contribution in [3.8, 4) is 16.3 Å². The Morgan fingerprint density at radius 3 is 2.53 bits per heavy atom. The van der Waals surface area contributed by atoms with Crippen molar-refractivity contribution in [2.45, 2.75) is 18.7 Å². The van der Waals surface area contributed by atoms with Crippen LogP contribution < -0.4 is 9.64 Å². The first-order valence-corrected chi connectivity index (χ1v) is 12.1. The lowest BCUT2D eigenvalue weighted by molar-refractivity contribution is 0.0790. The van der Waals surface area contributed by atoms with Crippen LogP contribution in [0, 0.1) is 0 Å². The Labute approximate surface area is 193 Å². The SMILES string of the molecule is COc1ccccc1N1CCN([C@@H]2CN(Cc3cnc(-c4ccccc4)s3)C[C@H]2O)CC1. The lowest BCUT2D eigenvalue weighted by Gasteiger charge is -2.40. The second-order valence-corrected chi connectivity index (χ2v) is 9.64. The number of ether oxygens (including phenoxy) is 1. The average Bonchev–Trinajstić information content (AvgIpc) is 3.46. The van der Waals surface area contributed by atoms with Crippen LogP contribution in [0.4, 0.5) is 5.69 Å². The summed E-state index contributed by atoms with van der Waals surface area (Å²) in [5.74, 6) is 0.924. The summed E-state index contributed by atoms with van der Waals surface area (Å²) in [5.41, 5.74) is 2.32. The molecule has 2 aliphatic heterocycles. The van der Waals surface area contributed by atoms with Crippen molar-refractivity contribution in [1.82, 2.24) is 14.8 Å². The van der Waals surface area contributed by atoms with Gasteiger partial charge in [-0.25, -0.2) is 4.98 Å². The van der Waals surface area contributed by atoms with Gasteiger partial charge in [0.2, 0.25) is 0 Å². The Hall–Kier alpha value is -2.45. The van der Waals surface area contributed by atoms with Crippen LogP contribution in [0.25, 0.3) is 10.6 Å². The third-order valence-corrected chi connectivity index (χ3v) is 7.53. The van der Waals surface area contributed by atoms with Crippen molar-refractivity contribution >= 4 is 17.0 Å². The maximum Gasteiger partial charge on any atom is 0.142 e. The molecule has 0 bridgehead atoms. The number of hydrogen-bond acceptors (Lipinski definition) is 7. The maximum absolute atomic E-state index is 10.8. The molecule has 32 heavy (non-hydrogen) atoms.